The van der Waals surface area contributed by atoms with Crippen molar-refractivity contribution in [2.24, 2.45) is 0 Å². The van der Waals surface area contributed by atoms with E-state index in [4.69, 9.17) is 4.74 Å². The summed E-state index contributed by atoms with van der Waals surface area (Å²) in [6, 6.07) is 7.86. The molecule has 1 aromatic heterocycles. The molecular formula is C13H17N3O2. The first-order valence-electron chi connectivity index (χ1n) is 5.97. The van der Waals surface area contributed by atoms with Crippen LogP contribution in [0.1, 0.15) is 12.7 Å². The van der Waals surface area contributed by atoms with Gasteiger partial charge in [0.1, 0.15) is 5.82 Å². The van der Waals surface area contributed by atoms with Gasteiger partial charge in [0.25, 0.3) is 0 Å². The zero-order valence-corrected chi connectivity index (χ0v) is 10.6. The van der Waals surface area contributed by atoms with Crippen molar-refractivity contribution in [2.75, 3.05) is 20.2 Å². The number of ether oxygens (including phenoxy) is 1. The smallest absolute Gasteiger partial charge is 0.320 e. The van der Waals surface area contributed by atoms with Gasteiger partial charge in [-0.3, -0.25) is 9.69 Å². The molecule has 1 heterocycles. The number of benzene rings is 1. The second-order valence-electron chi connectivity index (χ2n) is 4.18. The van der Waals surface area contributed by atoms with Crippen LogP contribution in [-0.4, -0.2) is 41.0 Å². The van der Waals surface area contributed by atoms with Gasteiger partial charge < -0.3 is 9.72 Å². The van der Waals surface area contributed by atoms with E-state index in [2.05, 4.69) is 9.97 Å². The van der Waals surface area contributed by atoms with E-state index >= 15 is 0 Å². The zero-order chi connectivity index (χ0) is 13.0. The van der Waals surface area contributed by atoms with Crippen LogP contribution in [0.25, 0.3) is 11.0 Å². The van der Waals surface area contributed by atoms with Gasteiger partial charge in [0.2, 0.25) is 0 Å². The quantitative estimate of drug-likeness (QED) is 0.815. The molecule has 0 aliphatic carbocycles. The first kappa shape index (κ1) is 12.6. The highest BCUT2D eigenvalue weighted by Gasteiger charge is 2.09. The van der Waals surface area contributed by atoms with E-state index in [0.29, 0.717) is 13.2 Å². The minimum absolute atomic E-state index is 0.212. The number of esters is 1. The van der Waals surface area contributed by atoms with E-state index < -0.39 is 0 Å². The molecule has 2 aromatic rings. The predicted octanol–water partition coefficient (Wildman–Crippen LogP) is 1.56. The van der Waals surface area contributed by atoms with Gasteiger partial charge in [0.05, 0.1) is 30.7 Å². The van der Waals surface area contributed by atoms with E-state index in [1.807, 2.05) is 36.2 Å². The summed E-state index contributed by atoms with van der Waals surface area (Å²) in [6.07, 6.45) is 0. The fraction of sp³-hybridized carbons (Fsp3) is 0.385. The molecule has 0 aliphatic rings. The molecular weight excluding hydrogens is 230 g/mol. The van der Waals surface area contributed by atoms with Crippen molar-refractivity contribution in [3.05, 3.63) is 30.1 Å². The summed E-state index contributed by atoms with van der Waals surface area (Å²) in [5, 5.41) is 0. The average Bonchev–Trinajstić information content (AvgIpc) is 2.70. The highest BCUT2D eigenvalue weighted by atomic mass is 16.5. The van der Waals surface area contributed by atoms with Crippen molar-refractivity contribution in [3.8, 4) is 0 Å². The number of nitrogens with one attached hydrogen (secondary N) is 1. The van der Waals surface area contributed by atoms with Crippen LogP contribution in [0.2, 0.25) is 0 Å². The highest BCUT2D eigenvalue weighted by Crippen LogP contribution is 2.11. The summed E-state index contributed by atoms with van der Waals surface area (Å²) < 4.78 is 4.90. The van der Waals surface area contributed by atoms with Crippen molar-refractivity contribution in [1.29, 1.82) is 0 Å². The summed E-state index contributed by atoms with van der Waals surface area (Å²) >= 11 is 0. The molecule has 0 unspecified atom stereocenters. The van der Waals surface area contributed by atoms with Gasteiger partial charge in [-0.2, -0.15) is 0 Å². The average molecular weight is 247 g/mol. The van der Waals surface area contributed by atoms with Crippen molar-refractivity contribution < 1.29 is 9.53 Å². The first-order valence-corrected chi connectivity index (χ1v) is 5.97. The standard InChI is InChI=1S/C13H17N3O2/c1-3-18-13(17)9-16(2)8-12-14-10-6-4-5-7-11(10)15-12/h4-7H,3,8-9H2,1-2H3,(H,14,15). The number of para-hydroxylation sites is 2. The van der Waals surface area contributed by atoms with Gasteiger partial charge in [0, 0.05) is 0 Å². The lowest BCUT2D eigenvalue weighted by molar-refractivity contribution is -0.144. The Hall–Kier alpha value is -1.88. The summed E-state index contributed by atoms with van der Waals surface area (Å²) in [4.78, 5) is 20.9. The Labute approximate surface area is 106 Å². The maximum absolute atomic E-state index is 11.3. The monoisotopic (exact) mass is 247 g/mol. The van der Waals surface area contributed by atoms with Crippen LogP contribution in [0.15, 0.2) is 24.3 Å². The molecule has 0 spiro atoms. The fourth-order valence-corrected chi connectivity index (χ4v) is 1.82. The second kappa shape index (κ2) is 5.64. The molecule has 2 rings (SSSR count). The molecule has 1 N–H and O–H groups in total. The van der Waals surface area contributed by atoms with Crippen LogP contribution < -0.4 is 0 Å². The Kier molecular flexibility index (Phi) is 3.94. The van der Waals surface area contributed by atoms with Crippen molar-refractivity contribution >= 4 is 17.0 Å². The molecule has 5 nitrogen and oxygen atoms in total. The number of likely N-dealkylation sites (N-methyl/N-ethyl adjacent to an activating group) is 1. The third-order valence-corrected chi connectivity index (χ3v) is 2.56. The Balaban J connectivity index is 1.98. The summed E-state index contributed by atoms with van der Waals surface area (Å²) in [5.41, 5.74) is 1.95. The number of H-pyrrole nitrogens is 1. The number of aromatic nitrogens is 2. The van der Waals surface area contributed by atoms with Crippen molar-refractivity contribution in [3.63, 3.8) is 0 Å². The van der Waals surface area contributed by atoms with E-state index in [1.54, 1.807) is 6.92 Å². The highest BCUT2D eigenvalue weighted by molar-refractivity contribution is 5.74. The van der Waals surface area contributed by atoms with Crippen LogP contribution in [-0.2, 0) is 16.1 Å². The lowest BCUT2D eigenvalue weighted by Crippen LogP contribution is -2.27. The van der Waals surface area contributed by atoms with Gasteiger partial charge in [-0.25, -0.2) is 4.98 Å². The molecule has 5 heteroatoms. The van der Waals surface area contributed by atoms with Crippen molar-refractivity contribution in [1.82, 2.24) is 14.9 Å². The van der Waals surface area contributed by atoms with Gasteiger partial charge in [0.15, 0.2) is 0 Å². The molecule has 0 bridgehead atoms. The molecule has 0 saturated heterocycles. The van der Waals surface area contributed by atoms with Gasteiger partial charge >= 0.3 is 5.97 Å². The van der Waals surface area contributed by atoms with E-state index in [0.717, 1.165) is 16.9 Å². The number of nitrogens with zero attached hydrogens (tertiary/aromatic N) is 2. The topological polar surface area (TPSA) is 58.2 Å². The number of rotatable bonds is 5. The number of fused-ring (bicyclic) bond motifs is 1. The Bertz CT molecular complexity index is 503. The van der Waals surface area contributed by atoms with Crippen LogP contribution in [0.3, 0.4) is 0 Å². The van der Waals surface area contributed by atoms with E-state index in [-0.39, 0.29) is 12.5 Å². The normalized spacial score (nSPS) is 11.1. The summed E-state index contributed by atoms with van der Waals surface area (Å²) in [5.74, 6) is 0.638. The zero-order valence-electron chi connectivity index (χ0n) is 10.6. The molecule has 18 heavy (non-hydrogen) atoms. The van der Waals surface area contributed by atoms with Crippen LogP contribution in [0, 0.1) is 0 Å². The number of hydrogen-bond donors (Lipinski definition) is 1. The first-order chi connectivity index (χ1) is 8.69. The number of carbonyl (C=O) groups excluding carboxylic acids is 1. The number of imidazole rings is 1. The predicted molar refractivity (Wildman–Crippen MR) is 69.1 cm³/mol. The molecule has 0 radical (unpaired) electrons. The SMILES string of the molecule is CCOC(=O)CN(C)Cc1nc2ccccc2[nH]1. The van der Waals surface area contributed by atoms with Gasteiger partial charge in [-0.05, 0) is 26.1 Å². The van der Waals surface area contributed by atoms with E-state index in [1.165, 1.54) is 0 Å². The molecule has 96 valence electrons. The number of hydrogen-bond acceptors (Lipinski definition) is 4. The minimum atomic E-state index is -0.212. The molecule has 0 fully saturated rings. The molecule has 0 amide bonds. The number of carbonyl (C=O) groups is 1. The maximum Gasteiger partial charge on any atom is 0.320 e. The third-order valence-electron chi connectivity index (χ3n) is 2.56. The molecule has 0 saturated carbocycles. The Morgan fingerprint density at radius 1 is 1.44 bits per heavy atom. The van der Waals surface area contributed by atoms with Crippen molar-refractivity contribution in [2.45, 2.75) is 13.5 Å². The molecule has 0 atom stereocenters. The second-order valence-corrected chi connectivity index (χ2v) is 4.18. The Morgan fingerprint density at radius 2 is 2.22 bits per heavy atom. The fourth-order valence-electron chi connectivity index (χ4n) is 1.82. The molecule has 1 aromatic carbocycles. The van der Waals surface area contributed by atoms with Crippen LogP contribution >= 0.6 is 0 Å². The van der Waals surface area contributed by atoms with Gasteiger partial charge in [-0.1, -0.05) is 12.1 Å². The minimum Gasteiger partial charge on any atom is -0.465 e. The number of aromatic amines is 1. The Morgan fingerprint density at radius 3 is 2.94 bits per heavy atom. The summed E-state index contributed by atoms with van der Waals surface area (Å²) in [6.45, 7) is 3.08. The lowest BCUT2D eigenvalue weighted by atomic mass is 10.3. The van der Waals surface area contributed by atoms with E-state index in [9.17, 15) is 4.79 Å². The summed E-state index contributed by atoms with van der Waals surface area (Å²) in [7, 11) is 1.87. The largest absolute Gasteiger partial charge is 0.465 e. The van der Waals surface area contributed by atoms with Crippen LogP contribution in [0.5, 0.6) is 0 Å². The lowest BCUT2D eigenvalue weighted by Gasteiger charge is -2.13. The molecule has 0 aliphatic heterocycles. The van der Waals surface area contributed by atoms with Crippen LogP contribution in [0.4, 0.5) is 0 Å². The third kappa shape index (κ3) is 3.07. The maximum atomic E-state index is 11.3. The van der Waals surface area contributed by atoms with Gasteiger partial charge in [-0.15, -0.1) is 0 Å².